The number of anilines is 2. The molecule has 4 rings (SSSR count). The Bertz CT molecular complexity index is 1160. The molecule has 1 atom stereocenters. The highest BCUT2D eigenvalue weighted by atomic mass is 32.2. The third-order valence-corrected chi connectivity index (χ3v) is 6.58. The van der Waals surface area contributed by atoms with Crippen molar-refractivity contribution in [3.8, 4) is 0 Å². The van der Waals surface area contributed by atoms with Crippen molar-refractivity contribution in [2.45, 2.75) is 30.3 Å². The molecule has 1 fully saturated rings. The highest BCUT2D eigenvalue weighted by molar-refractivity contribution is 7.99. The van der Waals surface area contributed by atoms with Gasteiger partial charge in [-0.1, -0.05) is 23.9 Å². The van der Waals surface area contributed by atoms with Gasteiger partial charge < -0.3 is 15.4 Å². The van der Waals surface area contributed by atoms with E-state index in [0.717, 1.165) is 39.3 Å². The lowest BCUT2D eigenvalue weighted by molar-refractivity contribution is 0.0368. The van der Waals surface area contributed by atoms with Crippen molar-refractivity contribution in [1.29, 1.82) is 0 Å². The van der Waals surface area contributed by atoms with E-state index in [0.29, 0.717) is 34.4 Å². The first kappa shape index (κ1) is 23.4. The first-order valence-electron chi connectivity index (χ1n) is 11.1. The second-order valence-corrected chi connectivity index (χ2v) is 9.49. The Morgan fingerprint density at radius 3 is 2.64 bits per heavy atom. The predicted octanol–water partition coefficient (Wildman–Crippen LogP) is 1.81. The van der Waals surface area contributed by atoms with Crippen LogP contribution in [0.5, 0.6) is 0 Å². The van der Waals surface area contributed by atoms with Gasteiger partial charge in [-0.05, 0) is 25.5 Å². The van der Waals surface area contributed by atoms with E-state index in [2.05, 4.69) is 19.9 Å². The number of hydrogen-bond acceptors (Lipinski definition) is 10. The molecule has 0 radical (unpaired) electrons. The van der Waals surface area contributed by atoms with Crippen LogP contribution in [-0.4, -0.2) is 76.3 Å². The molecule has 3 heterocycles. The van der Waals surface area contributed by atoms with E-state index in [4.69, 9.17) is 15.5 Å². The third-order valence-electron chi connectivity index (χ3n) is 5.49. The topological polar surface area (TPSA) is 115 Å². The smallest absolute Gasteiger partial charge is 0.262 e. The first-order valence-corrected chi connectivity index (χ1v) is 12.0. The number of nitrogens with zero attached hydrogens (tertiary/aromatic N) is 7. The number of aromatic nitrogens is 5. The normalized spacial score (nSPS) is 15.6. The molecule has 0 spiro atoms. The summed E-state index contributed by atoms with van der Waals surface area (Å²) in [6.07, 6.45) is 0.853. The van der Waals surface area contributed by atoms with Gasteiger partial charge >= 0.3 is 0 Å². The summed E-state index contributed by atoms with van der Waals surface area (Å²) in [7, 11) is 3.71. The van der Waals surface area contributed by atoms with Gasteiger partial charge in [0.2, 0.25) is 11.9 Å². The standard InChI is InChI=1S/C22H30N8O2S/c1-15(18-25-20(23)27-21(26-18)28(2)3)33-22-24-17-8-5-4-7-16(17)19(31)30(22)10-6-9-29-11-13-32-14-12-29/h4-5,7-8,15H,6,9-14H2,1-3H3,(H2,23,25,26,27). The molecule has 0 aliphatic carbocycles. The monoisotopic (exact) mass is 470 g/mol. The maximum absolute atomic E-state index is 13.4. The summed E-state index contributed by atoms with van der Waals surface area (Å²) in [6, 6.07) is 7.46. The van der Waals surface area contributed by atoms with Crippen LogP contribution in [0, 0.1) is 0 Å². The van der Waals surface area contributed by atoms with Crippen LogP contribution in [0.4, 0.5) is 11.9 Å². The molecule has 1 unspecified atom stereocenters. The number of rotatable bonds is 8. The zero-order chi connectivity index (χ0) is 23.4. The van der Waals surface area contributed by atoms with Crippen LogP contribution in [0.2, 0.25) is 0 Å². The molecule has 0 saturated carbocycles. The summed E-state index contributed by atoms with van der Waals surface area (Å²) >= 11 is 1.46. The SMILES string of the molecule is CC(Sc1nc2ccccc2c(=O)n1CCCN1CCOCC1)c1nc(N)nc(N(C)C)n1. The summed E-state index contributed by atoms with van der Waals surface area (Å²) in [5.41, 5.74) is 6.57. The molecule has 1 saturated heterocycles. The summed E-state index contributed by atoms with van der Waals surface area (Å²) in [5, 5.41) is 1.10. The number of benzene rings is 1. The van der Waals surface area contributed by atoms with Gasteiger partial charge in [-0.2, -0.15) is 15.0 Å². The van der Waals surface area contributed by atoms with Crippen molar-refractivity contribution in [3.05, 3.63) is 40.4 Å². The Morgan fingerprint density at radius 1 is 1.12 bits per heavy atom. The molecule has 10 nitrogen and oxygen atoms in total. The fraction of sp³-hybridized carbons (Fsp3) is 0.500. The highest BCUT2D eigenvalue weighted by Crippen LogP contribution is 2.33. The van der Waals surface area contributed by atoms with Crippen LogP contribution >= 0.6 is 11.8 Å². The minimum Gasteiger partial charge on any atom is -0.379 e. The summed E-state index contributed by atoms with van der Waals surface area (Å²) in [5.74, 6) is 1.23. The van der Waals surface area contributed by atoms with Crippen LogP contribution in [-0.2, 0) is 11.3 Å². The molecular weight excluding hydrogens is 440 g/mol. The Hall–Kier alpha value is -2.76. The number of hydrogen-bond donors (Lipinski definition) is 1. The van der Waals surface area contributed by atoms with E-state index in [-0.39, 0.29) is 16.8 Å². The minimum absolute atomic E-state index is 0.0265. The number of fused-ring (bicyclic) bond motifs is 1. The van der Waals surface area contributed by atoms with E-state index < -0.39 is 0 Å². The van der Waals surface area contributed by atoms with Gasteiger partial charge in [0.1, 0.15) is 5.82 Å². The van der Waals surface area contributed by atoms with Gasteiger partial charge in [-0.25, -0.2) is 4.98 Å². The maximum atomic E-state index is 13.4. The largest absolute Gasteiger partial charge is 0.379 e. The number of nitrogens with two attached hydrogens (primary N) is 1. The van der Waals surface area contributed by atoms with Crippen molar-refractivity contribution >= 4 is 34.6 Å². The Labute approximate surface area is 197 Å². The van der Waals surface area contributed by atoms with E-state index >= 15 is 0 Å². The Balaban J connectivity index is 1.61. The van der Waals surface area contributed by atoms with Crippen molar-refractivity contribution in [3.63, 3.8) is 0 Å². The summed E-state index contributed by atoms with van der Waals surface area (Å²) < 4.78 is 7.21. The first-order chi connectivity index (χ1) is 15.9. The summed E-state index contributed by atoms with van der Waals surface area (Å²) in [6.45, 7) is 6.87. The van der Waals surface area contributed by atoms with Crippen LogP contribution in [0.25, 0.3) is 10.9 Å². The van der Waals surface area contributed by atoms with Gasteiger partial charge in [0, 0.05) is 40.3 Å². The zero-order valence-corrected chi connectivity index (χ0v) is 20.1. The van der Waals surface area contributed by atoms with Gasteiger partial charge in [-0.15, -0.1) is 0 Å². The molecule has 0 amide bonds. The molecule has 11 heteroatoms. The van der Waals surface area contributed by atoms with Crippen LogP contribution in [0.1, 0.15) is 24.4 Å². The van der Waals surface area contributed by atoms with Crippen molar-refractivity contribution in [2.75, 3.05) is 57.6 Å². The third kappa shape index (κ3) is 5.60. The molecule has 33 heavy (non-hydrogen) atoms. The molecule has 1 aromatic carbocycles. The fourth-order valence-corrected chi connectivity index (χ4v) is 4.68. The quantitative estimate of drug-likeness (QED) is 0.386. The minimum atomic E-state index is -0.174. The van der Waals surface area contributed by atoms with Crippen molar-refractivity contribution < 1.29 is 4.74 Å². The molecule has 3 aromatic rings. The van der Waals surface area contributed by atoms with Gasteiger partial charge in [0.15, 0.2) is 5.16 Å². The van der Waals surface area contributed by atoms with E-state index in [9.17, 15) is 4.79 Å². The molecular formula is C22H30N8O2S. The number of thioether (sulfide) groups is 1. The average molecular weight is 471 g/mol. The molecule has 2 aromatic heterocycles. The molecule has 1 aliphatic rings. The predicted molar refractivity (Wildman–Crippen MR) is 131 cm³/mol. The second-order valence-electron chi connectivity index (χ2n) is 8.18. The van der Waals surface area contributed by atoms with Crippen LogP contribution in [0.3, 0.4) is 0 Å². The zero-order valence-electron chi connectivity index (χ0n) is 19.3. The van der Waals surface area contributed by atoms with Gasteiger partial charge in [-0.3, -0.25) is 14.3 Å². The Kier molecular flexibility index (Phi) is 7.41. The molecule has 0 bridgehead atoms. The lowest BCUT2D eigenvalue weighted by Gasteiger charge is -2.26. The van der Waals surface area contributed by atoms with Gasteiger partial charge in [0.25, 0.3) is 5.56 Å². The number of para-hydroxylation sites is 1. The van der Waals surface area contributed by atoms with E-state index in [1.807, 2.05) is 45.3 Å². The molecule has 176 valence electrons. The number of morpholine rings is 1. The number of nitrogen functional groups attached to an aromatic ring is 1. The second kappa shape index (κ2) is 10.4. The van der Waals surface area contributed by atoms with Crippen molar-refractivity contribution in [1.82, 2.24) is 29.4 Å². The maximum Gasteiger partial charge on any atom is 0.262 e. The lowest BCUT2D eigenvalue weighted by Crippen LogP contribution is -2.37. The fourth-order valence-electron chi connectivity index (χ4n) is 3.70. The summed E-state index contributed by atoms with van der Waals surface area (Å²) in [4.78, 5) is 35.4. The lowest BCUT2D eigenvalue weighted by atomic mass is 10.2. The van der Waals surface area contributed by atoms with Crippen molar-refractivity contribution in [2.24, 2.45) is 0 Å². The Morgan fingerprint density at radius 2 is 1.88 bits per heavy atom. The number of ether oxygens (including phenoxy) is 1. The molecule has 2 N–H and O–H groups in total. The van der Waals surface area contributed by atoms with E-state index in [1.165, 1.54) is 11.8 Å². The van der Waals surface area contributed by atoms with E-state index in [1.54, 1.807) is 9.47 Å². The highest BCUT2D eigenvalue weighted by Gasteiger charge is 2.19. The van der Waals surface area contributed by atoms with Gasteiger partial charge in [0.05, 0.1) is 29.4 Å². The van der Waals surface area contributed by atoms with Crippen LogP contribution in [0.15, 0.2) is 34.2 Å². The average Bonchev–Trinajstić information content (AvgIpc) is 2.81. The molecule has 1 aliphatic heterocycles. The van der Waals surface area contributed by atoms with Crippen LogP contribution < -0.4 is 16.2 Å².